The molecule has 0 bridgehead atoms. The largest absolute Gasteiger partial charge is 0.300 e. The number of fused-ring (bicyclic) bond motifs is 1. The van der Waals surface area contributed by atoms with Gasteiger partial charge >= 0.3 is 5.91 Å². The van der Waals surface area contributed by atoms with Crippen molar-refractivity contribution in [2.45, 2.75) is 20.4 Å². The van der Waals surface area contributed by atoms with Crippen LogP contribution in [0.5, 0.6) is 0 Å². The predicted molar refractivity (Wildman–Crippen MR) is 108 cm³/mol. The molecular formula is C22H22N4O2. The van der Waals surface area contributed by atoms with Crippen molar-refractivity contribution >= 4 is 17.4 Å². The molecule has 142 valence electrons. The fraction of sp³-hybridized carbons (Fsp3) is 0.227. The third-order valence-electron chi connectivity index (χ3n) is 4.91. The summed E-state index contributed by atoms with van der Waals surface area (Å²) < 4.78 is 1.83. The molecule has 0 saturated carbocycles. The second-order valence-corrected chi connectivity index (χ2v) is 7.32. The topological polar surface area (TPSA) is 58.4 Å². The monoisotopic (exact) mass is 374 g/mol. The van der Waals surface area contributed by atoms with Gasteiger partial charge in [-0.15, -0.1) is 0 Å². The fourth-order valence-electron chi connectivity index (χ4n) is 3.70. The first-order valence-corrected chi connectivity index (χ1v) is 9.19. The van der Waals surface area contributed by atoms with Gasteiger partial charge in [-0.3, -0.25) is 19.4 Å². The van der Waals surface area contributed by atoms with Crippen LogP contribution in [0.3, 0.4) is 0 Å². The molecule has 1 aliphatic heterocycles. The summed E-state index contributed by atoms with van der Waals surface area (Å²) in [5.41, 5.74) is 5.15. The minimum Gasteiger partial charge on any atom is -0.291 e. The molecule has 0 spiro atoms. The van der Waals surface area contributed by atoms with Crippen LogP contribution in [0, 0.1) is 13.8 Å². The summed E-state index contributed by atoms with van der Waals surface area (Å²) in [4.78, 5) is 28.5. The minimum absolute atomic E-state index is 0.344. The Hall–Kier alpha value is -3.25. The van der Waals surface area contributed by atoms with Gasteiger partial charge < -0.3 is 0 Å². The molecule has 3 aromatic rings. The molecule has 0 atom stereocenters. The molecule has 1 aliphatic rings. The smallest absolute Gasteiger partial charge is 0.291 e. The van der Waals surface area contributed by atoms with E-state index in [0.29, 0.717) is 24.5 Å². The maximum absolute atomic E-state index is 12.5. The number of carbonyl (C=O) groups excluding carboxylic acids is 2. The van der Waals surface area contributed by atoms with Crippen LogP contribution >= 0.6 is 0 Å². The molecule has 2 aromatic carbocycles. The van der Waals surface area contributed by atoms with E-state index in [0.717, 1.165) is 22.4 Å². The highest BCUT2D eigenvalue weighted by molar-refractivity contribution is 6.52. The van der Waals surface area contributed by atoms with Gasteiger partial charge in [0.15, 0.2) is 0 Å². The number of hydrogen-bond acceptors (Lipinski definition) is 4. The molecule has 6 heteroatoms. The van der Waals surface area contributed by atoms with Crippen molar-refractivity contribution in [3.8, 4) is 5.69 Å². The molecule has 28 heavy (non-hydrogen) atoms. The second-order valence-electron chi connectivity index (χ2n) is 7.32. The average molecular weight is 374 g/mol. The summed E-state index contributed by atoms with van der Waals surface area (Å²) in [5, 5.41) is 4.41. The molecule has 0 N–H and O–H groups in total. The van der Waals surface area contributed by atoms with Crippen LogP contribution in [0.25, 0.3) is 5.69 Å². The Labute approximate surface area is 164 Å². The number of carbonyl (C=O) groups is 2. The van der Waals surface area contributed by atoms with Gasteiger partial charge in [0.1, 0.15) is 0 Å². The molecule has 2 heterocycles. The lowest BCUT2D eigenvalue weighted by Crippen LogP contribution is -2.38. The molecule has 0 aliphatic carbocycles. The molecule has 1 aromatic heterocycles. The van der Waals surface area contributed by atoms with Gasteiger partial charge in [0.05, 0.1) is 29.8 Å². The van der Waals surface area contributed by atoms with E-state index >= 15 is 0 Å². The van der Waals surface area contributed by atoms with Gasteiger partial charge in [-0.05, 0) is 50.2 Å². The Morgan fingerprint density at radius 1 is 1.07 bits per heavy atom. The van der Waals surface area contributed by atoms with Crippen LogP contribution in [0.2, 0.25) is 0 Å². The van der Waals surface area contributed by atoms with E-state index in [2.05, 4.69) is 5.10 Å². The van der Waals surface area contributed by atoms with Crippen LogP contribution in [0.1, 0.15) is 27.0 Å². The fourth-order valence-corrected chi connectivity index (χ4v) is 3.70. The number of para-hydroxylation sites is 1. The summed E-state index contributed by atoms with van der Waals surface area (Å²) in [6.45, 7) is 4.81. The van der Waals surface area contributed by atoms with E-state index in [9.17, 15) is 9.59 Å². The number of ketones is 1. The Kier molecular flexibility index (Phi) is 4.57. The summed E-state index contributed by atoms with van der Waals surface area (Å²) in [6, 6.07) is 13.8. The quantitative estimate of drug-likeness (QED) is 0.644. The number of rotatable bonds is 5. The molecule has 1 amide bonds. The SMILES string of the molecule is Cc1cc(C)c2c(c1)N(CN(C)Cc1cnn(-c3ccccc3)c1)C(=O)C2=O. The van der Waals surface area contributed by atoms with E-state index in [1.807, 2.05) is 85.3 Å². The third kappa shape index (κ3) is 3.23. The highest BCUT2D eigenvalue weighted by Gasteiger charge is 2.37. The number of Topliss-reactive ketones (excluding diaryl/α,β-unsaturated/α-hetero) is 1. The first-order valence-electron chi connectivity index (χ1n) is 9.19. The standard InChI is InChI=1S/C22H22N4O2/c1-15-9-16(2)20-19(10-15)25(22(28)21(20)27)14-24(3)12-17-11-23-26(13-17)18-7-5-4-6-8-18/h4-11,13H,12,14H2,1-3H3. The first kappa shape index (κ1) is 18.1. The highest BCUT2D eigenvalue weighted by atomic mass is 16.2. The predicted octanol–water partition coefficient (Wildman–Crippen LogP) is 3.11. The summed E-state index contributed by atoms with van der Waals surface area (Å²) in [6.07, 6.45) is 3.80. The third-order valence-corrected chi connectivity index (χ3v) is 4.91. The van der Waals surface area contributed by atoms with E-state index in [4.69, 9.17) is 0 Å². The van der Waals surface area contributed by atoms with Gasteiger partial charge in [-0.1, -0.05) is 24.3 Å². The molecule has 6 nitrogen and oxygen atoms in total. The van der Waals surface area contributed by atoms with E-state index < -0.39 is 11.7 Å². The Bertz CT molecular complexity index is 1060. The Balaban J connectivity index is 1.51. The number of benzene rings is 2. The number of aryl methyl sites for hydroxylation is 2. The van der Waals surface area contributed by atoms with Gasteiger partial charge in [-0.25, -0.2) is 4.68 Å². The van der Waals surface area contributed by atoms with Crippen molar-refractivity contribution in [3.63, 3.8) is 0 Å². The lowest BCUT2D eigenvalue weighted by atomic mass is 10.0. The van der Waals surface area contributed by atoms with E-state index in [1.54, 1.807) is 4.90 Å². The van der Waals surface area contributed by atoms with Gasteiger partial charge in [0.2, 0.25) is 0 Å². The molecule has 4 rings (SSSR count). The number of anilines is 1. The van der Waals surface area contributed by atoms with Gasteiger partial charge in [0.25, 0.3) is 5.78 Å². The van der Waals surface area contributed by atoms with Crippen molar-refractivity contribution in [1.82, 2.24) is 14.7 Å². The van der Waals surface area contributed by atoms with Gasteiger partial charge in [-0.2, -0.15) is 5.10 Å². The molecule has 0 radical (unpaired) electrons. The second kappa shape index (κ2) is 7.05. The molecular weight excluding hydrogens is 352 g/mol. The van der Waals surface area contributed by atoms with Crippen molar-refractivity contribution in [2.24, 2.45) is 0 Å². The van der Waals surface area contributed by atoms with Crippen molar-refractivity contribution in [1.29, 1.82) is 0 Å². The lowest BCUT2D eigenvalue weighted by Gasteiger charge is -2.24. The Morgan fingerprint density at radius 2 is 1.82 bits per heavy atom. The zero-order chi connectivity index (χ0) is 19.8. The van der Waals surface area contributed by atoms with Crippen LogP contribution in [0.4, 0.5) is 5.69 Å². The van der Waals surface area contributed by atoms with Crippen molar-refractivity contribution in [3.05, 3.63) is 77.1 Å². The van der Waals surface area contributed by atoms with Crippen LogP contribution < -0.4 is 4.90 Å². The lowest BCUT2D eigenvalue weighted by molar-refractivity contribution is -0.114. The van der Waals surface area contributed by atoms with Crippen LogP contribution in [-0.2, 0) is 11.3 Å². The molecule has 0 saturated heterocycles. The van der Waals surface area contributed by atoms with Gasteiger partial charge in [0, 0.05) is 18.3 Å². The summed E-state index contributed by atoms with van der Waals surface area (Å²) in [5.74, 6) is -0.881. The highest BCUT2D eigenvalue weighted by Crippen LogP contribution is 2.32. The summed E-state index contributed by atoms with van der Waals surface area (Å²) in [7, 11) is 1.93. The number of amides is 1. The maximum atomic E-state index is 12.5. The number of nitrogens with zero attached hydrogens (tertiary/aromatic N) is 4. The average Bonchev–Trinajstić information content (AvgIpc) is 3.21. The van der Waals surface area contributed by atoms with E-state index in [1.165, 1.54) is 0 Å². The first-order chi connectivity index (χ1) is 13.4. The van der Waals surface area contributed by atoms with E-state index in [-0.39, 0.29) is 0 Å². The molecule has 0 fully saturated rings. The van der Waals surface area contributed by atoms with Crippen LogP contribution in [0.15, 0.2) is 54.9 Å². The number of hydrogen-bond donors (Lipinski definition) is 0. The van der Waals surface area contributed by atoms with Crippen molar-refractivity contribution in [2.75, 3.05) is 18.6 Å². The summed E-state index contributed by atoms with van der Waals surface area (Å²) >= 11 is 0. The maximum Gasteiger partial charge on any atom is 0.300 e. The number of aromatic nitrogens is 2. The zero-order valence-corrected chi connectivity index (χ0v) is 16.2. The minimum atomic E-state index is -0.462. The van der Waals surface area contributed by atoms with Crippen LogP contribution in [-0.4, -0.2) is 40.1 Å². The zero-order valence-electron chi connectivity index (χ0n) is 16.2. The van der Waals surface area contributed by atoms with Crippen molar-refractivity contribution < 1.29 is 9.59 Å². The normalized spacial score (nSPS) is 13.5. The Morgan fingerprint density at radius 3 is 2.57 bits per heavy atom. The molecule has 0 unspecified atom stereocenters.